The van der Waals surface area contributed by atoms with Crippen molar-refractivity contribution in [1.29, 1.82) is 0 Å². The number of carboxylic acid groups (broad SMARTS) is 1. The predicted molar refractivity (Wildman–Crippen MR) is 92.8 cm³/mol. The van der Waals surface area contributed by atoms with Gasteiger partial charge in [0.05, 0.1) is 11.8 Å². The second kappa shape index (κ2) is 7.42. The molecule has 0 spiro atoms. The first-order chi connectivity index (χ1) is 11.1. The number of hydrogen-bond donors (Lipinski definition) is 1. The summed E-state index contributed by atoms with van der Waals surface area (Å²) in [5.74, 6) is -1.30. The first-order valence-corrected chi connectivity index (χ1v) is 9.31. The molecular weight excluding hydrogens is 306 g/mol. The number of carbonyl (C=O) groups is 2. The Balaban J connectivity index is 1.79. The van der Waals surface area contributed by atoms with Gasteiger partial charge < -0.3 is 9.84 Å². The monoisotopic (exact) mass is 339 g/mol. The molecule has 1 N–H and O–H groups in total. The molecule has 0 aromatic heterocycles. The van der Waals surface area contributed by atoms with Gasteiger partial charge in [-0.15, -0.1) is 0 Å². The highest BCUT2D eigenvalue weighted by Crippen LogP contribution is 2.37. The Hall–Kier alpha value is -1.10. The molecular formula is C19H33NO4. The van der Waals surface area contributed by atoms with Gasteiger partial charge in [0, 0.05) is 17.6 Å². The van der Waals surface area contributed by atoms with Crippen LogP contribution in [0.4, 0.5) is 0 Å². The Morgan fingerprint density at radius 2 is 1.50 bits per heavy atom. The SMILES string of the molecule is CC1(C)CCCC(C)(C)N1CCOC(=O)C1CCC(C(=O)O)CC1. The van der Waals surface area contributed by atoms with Gasteiger partial charge in [-0.2, -0.15) is 0 Å². The second-order valence-corrected chi connectivity index (χ2v) is 8.68. The summed E-state index contributed by atoms with van der Waals surface area (Å²) < 4.78 is 5.54. The first kappa shape index (κ1) is 19.2. The molecule has 0 amide bonds. The van der Waals surface area contributed by atoms with E-state index < -0.39 is 5.97 Å². The maximum atomic E-state index is 12.3. The van der Waals surface area contributed by atoms with Gasteiger partial charge in [-0.1, -0.05) is 0 Å². The molecule has 1 saturated carbocycles. The van der Waals surface area contributed by atoms with E-state index in [0.717, 1.165) is 6.54 Å². The lowest BCUT2D eigenvalue weighted by Crippen LogP contribution is -2.59. The maximum absolute atomic E-state index is 12.3. The first-order valence-electron chi connectivity index (χ1n) is 9.31. The number of piperidine rings is 1. The van der Waals surface area contributed by atoms with Gasteiger partial charge in [0.25, 0.3) is 0 Å². The molecule has 24 heavy (non-hydrogen) atoms. The molecule has 2 rings (SSSR count). The molecule has 0 aromatic carbocycles. The summed E-state index contributed by atoms with van der Waals surface area (Å²) in [6.45, 7) is 10.2. The molecule has 2 fully saturated rings. The highest BCUT2D eigenvalue weighted by Gasteiger charge is 2.41. The van der Waals surface area contributed by atoms with Gasteiger partial charge in [0.1, 0.15) is 6.61 Å². The summed E-state index contributed by atoms with van der Waals surface area (Å²) >= 11 is 0. The number of likely N-dealkylation sites (tertiary alicyclic amines) is 1. The third kappa shape index (κ3) is 4.50. The molecule has 1 aliphatic heterocycles. The second-order valence-electron chi connectivity index (χ2n) is 8.68. The molecule has 5 heteroatoms. The number of nitrogens with zero attached hydrogens (tertiary/aromatic N) is 1. The van der Waals surface area contributed by atoms with Crippen molar-refractivity contribution in [3.05, 3.63) is 0 Å². The van der Waals surface area contributed by atoms with Crippen molar-refractivity contribution < 1.29 is 19.4 Å². The quantitative estimate of drug-likeness (QED) is 0.777. The average molecular weight is 339 g/mol. The highest BCUT2D eigenvalue weighted by atomic mass is 16.5. The normalized spacial score (nSPS) is 29.8. The molecule has 1 heterocycles. The molecule has 0 atom stereocenters. The molecule has 0 unspecified atom stereocenters. The molecule has 0 radical (unpaired) electrons. The third-order valence-corrected chi connectivity index (χ3v) is 6.01. The van der Waals surface area contributed by atoms with Crippen molar-refractivity contribution in [2.75, 3.05) is 13.2 Å². The fraction of sp³-hybridized carbons (Fsp3) is 0.895. The molecule has 0 aromatic rings. The number of aliphatic carboxylic acids is 1. The Morgan fingerprint density at radius 3 is 2.00 bits per heavy atom. The lowest BCUT2D eigenvalue weighted by atomic mass is 9.80. The molecule has 1 saturated heterocycles. The molecule has 2 aliphatic rings. The van der Waals surface area contributed by atoms with E-state index in [4.69, 9.17) is 9.84 Å². The van der Waals surface area contributed by atoms with E-state index in [-0.39, 0.29) is 28.9 Å². The minimum absolute atomic E-state index is 0.122. The van der Waals surface area contributed by atoms with Crippen molar-refractivity contribution in [2.24, 2.45) is 11.8 Å². The summed E-state index contributed by atoms with van der Waals surface area (Å²) in [4.78, 5) is 25.7. The van der Waals surface area contributed by atoms with Gasteiger partial charge in [-0.3, -0.25) is 14.5 Å². The number of ether oxygens (including phenoxy) is 1. The van der Waals surface area contributed by atoms with E-state index in [2.05, 4.69) is 32.6 Å². The van der Waals surface area contributed by atoms with Gasteiger partial charge >= 0.3 is 11.9 Å². The van der Waals surface area contributed by atoms with Crippen LogP contribution in [0.5, 0.6) is 0 Å². The highest BCUT2D eigenvalue weighted by molar-refractivity contribution is 5.74. The molecule has 5 nitrogen and oxygen atoms in total. The van der Waals surface area contributed by atoms with Gasteiger partial charge in [0.2, 0.25) is 0 Å². The van der Waals surface area contributed by atoms with Crippen LogP contribution in [0.2, 0.25) is 0 Å². The minimum Gasteiger partial charge on any atom is -0.481 e. The van der Waals surface area contributed by atoms with E-state index in [1.54, 1.807) is 0 Å². The van der Waals surface area contributed by atoms with Crippen LogP contribution in [0, 0.1) is 11.8 Å². The van der Waals surface area contributed by atoms with Crippen molar-refractivity contribution in [2.45, 2.75) is 83.7 Å². The largest absolute Gasteiger partial charge is 0.481 e. The number of carbonyl (C=O) groups excluding carboxylic acids is 1. The standard InChI is InChI=1S/C19H33NO4/c1-18(2)10-5-11-19(3,4)20(18)12-13-24-17(23)15-8-6-14(7-9-15)16(21)22/h14-15H,5-13H2,1-4H3,(H,21,22). The smallest absolute Gasteiger partial charge is 0.308 e. The van der Waals surface area contributed by atoms with Crippen molar-refractivity contribution in [3.63, 3.8) is 0 Å². The Bertz CT molecular complexity index is 448. The fourth-order valence-corrected chi connectivity index (χ4v) is 4.58. The van der Waals surface area contributed by atoms with Crippen molar-refractivity contribution in [3.8, 4) is 0 Å². The van der Waals surface area contributed by atoms with Crippen LogP contribution in [-0.2, 0) is 14.3 Å². The third-order valence-electron chi connectivity index (χ3n) is 6.01. The summed E-state index contributed by atoms with van der Waals surface area (Å²) in [6.07, 6.45) is 6.02. The topological polar surface area (TPSA) is 66.8 Å². The lowest BCUT2D eigenvalue weighted by molar-refractivity contribution is -0.154. The van der Waals surface area contributed by atoms with Crippen LogP contribution >= 0.6 is 0 Å². The predicted octanol–water partition coefficient (Wildman–Crippen LogP) is 3.46. The van der Waals surface area contributed by atoms with Gasteiger partial charge in [-0.25, -0.2) is 0 Å². The van der Waals surface area contributed by atoms with Crippen LogP contribution in [-0.4, -0.2) is 46.2 Å². The fourth-order valence-electron chi connectivity index (χ4n) is 4.58. The van der Waals surface area contributed by atoms with Gasteiger partial charge in [0.15, 0.2) is 0 Å². The lowest BCUT2D eigenvalue weighted by Gasteiger charge is -2.53. The zero-order valence-electron chi connectivity index (χ0n) is 15.6. The Labute approximate surface area is 145 Å². The van der Waals surface area contributed by atoms with Crippen LogP contribution in [0.3, 0.4) is 0 Å². The van der Waals surface area contributed by atoms with Gasteiger partial charge in [-0.05, 0) is 72.6 Å². The Kier molecular flexibility index (Phi) is 5.95. The number of esters is 1. The Morgan fingerprint density at radius 1 is 1.00 bits per heavy atom. The van der Waals surface area contributed by atoms with Crippen LogP contribution in [0.15, 0.2) is 0 Å². The van der Waals surface area contributed by atoms with E-state index in [1.807, 2.05) is 0 Å². The zero-order valence-corrected chi connectivity index (χ0v) is 15.6. The molecule has 0 bridgehead atoms. The van der Waals surface area contributed by atoms with E-state index in [1.165, 1.54) is 19.3 Å². The maximum Gasteiger partial charge on any atom is 0.308 e. The summed E-state index contributed by atoms with van der Waals surface area (Å²) in [7, 11) is 0. The summed E-state index contributed by atoms with van der Waals surface area (Å²) in [5, 5.41) is 9.03. The number of rotatable bonds is 5. The number of hydrogen-bond acceptors (Lipinski definition) is 4. The van der Waals surface area contributed by atoms with E-state index in [9.17, 15) is 9.59 Å². The van der Waals surface area contributed by atoms with Crippen LogP contribution < -0.4 is 0 Å². The van der Waals surface area contributed by atoms with E-state index >= 15 is 0 Å². The van der Waals surface area contributed by atoms with Crippen LogP contribution in [0.1, 0.15) is 72.6 Å². The average Bonchev–Trinajstić information content (AvgIpc) is 2.49. The summed E-state index contributed by atoms with van der Waals surface area (Å²) in [6, 6.07) is 0. The molecule has 1 aliphatic carbocycles. The van der Waals surface area contributed by atoms with Crippen molar-refractivity contribution in [1.82, 2.24) is 4.90 Å². The zero-order chi connectivity index (χ0) is 18.0. The minimum atomic E-state index is -0.739. The van der Waals surface area contributed by atoms with E-state index in [0.29, 0.717) is 32.3 Å². The molecule has 138 valence electrons. The van der Waals surface area contributed by atoms with Crippen LogP contribution in [0.25, 0.3) is 0 Å². The summed E-state index contributed by atoms with van der Waals surface area (Å²) in [5.41, 5.74) is 0.265. The van der Waals surface area contributed by atoms with Crippen molar-refractivity contribution >= 4 is 11.9 Å². The number of carboxylic acids is 1.